The number of amides is 3. The van der Waals surface area contributed by atoms with Crippen LogP contribution in [0.1, 0.15) is 57.4 Å². The molecule has 0 aliphatic rings. The van der Waals surface area contributed by atoms with Crippen LogP contribution in [0.5, 0.6) is 0 Å². The first-order valence-corrected chi connectivity index (χ1v) is 10.9. The molecule has 3 aromatic rings. The maximum Gasteiger partial charge on any atom is 0.277 e. The molecule has 0 atom stereocenters. The highest BCUT2D eigenvalue weighted by molar-refractivity contribution is 6.05. The van der Waals surface area contributed by atoms with Crippen LogP contribution >= 0.6 is 0 Å². The van der Waals surface area contributed by atoms with Crippen LogP contribution in [0, 0.1) is 20.2 Å². The molecule has 0 unspecified atom stereocenters. The fourth-order valence-electron chi connectivity index (χ4n) is 3.22. The standard InChI is InChI=1S/C25H23N5O7/c1-25(2,3)18-8-4-15(5-9-18)22(31)26-19-10-6-16(7-11-19)23(32)27-28-24(33)17-12-20(29(34)35)14-21(13-17)30(36)37/h4-14H,1-3H3,(H,26,31)(H,27,32)(H,28,33). The highest BCUT2D eigenvalue weighted by Crippen LogP contribution is 2.23. The fraction of sp³-hybridized carbons (Fsp3) is 0.160. The van der Waals surface area contributed by atoms with E-state index in [-0.39, 0.29) is 22.4 Å². The molecular weight excluding hydrogens is 482 g/mol. The molecule has 0 bridgehead atoms. The summed E-state index contributed by atoms with van der Waals surface area (Å²) in [5.74, 6) is -2.03. The van der Waals surface area contributed by atoms with E-state index >= 15 is 0 Å². The van der Waals surface area contributed by atoms with Crippen molar-refractivity contribution in [1.82, 2.24) is 10.9 Å². The third-order valence-electron chi connectivity index (χ3n) is 5.29. The Bertz CT molecular complexity index is 1350. The van der Waals surface area contributed by atoms with Crippen molar-refractivity contribution in [3.8, 4) is 0 Å². The van der Waals surface area contributed by atoms with Crippen LogP contribution < -0.4 is 16.2 Å². The molecule has 12 heteroatoms. The van der Waals surface area contributed by atoms with E-state index in [2.05, 4.69) is 36.9 Å². The highest BCUT2D eigenvalue weighted by atomic mass is 16.6. The molecular formula is C25H23N5O7. The molecule has 12 nitrogen and oxygen atoms in total. The van der Waals surface area contributed by atoms with Crippen LogP contribution in [-0.4, -0.2) is 27.6 Å². The summed E-state index contributed by atoms with van der Waals surface area (Å²) in [5, 5.41) is 24.7. The predicted molar refractivity (Wildman–Crippen MR) is 134 cm³/mol. The molecule has 37 heavy (non-hydrogen) atoms. The van der Waals surface area contributed by atoms with Gasteiger partial charge in [-0.15, -0.1) is 0 Å². The van der Waals surface area contributed by atoms with Crippen molar-refractivity contribution in [2.75, 3.05) is 5.32 Å². The zero-order valence-corrected chi connectivity index (χ0v) is 20.1. The van der Waals surface area contributed by atoms with E-state index in [1.54, 1.807) is 12.1 Å². The van der Waals surface area contributed by atoms with Crippen LogP contribution in [-0.2, 0) is 5.41 Å². The van der Waals surface area contributed by atoms with Crippen LogP contribution in [0.25, 0.3) is 0 Å². The molecule has 190 valence electrons. The maximum absolute atomic E-state index is 12.5. The predicted octanol–water partition coefficient (Wildman–Crippen LogP) is 4.13. The minimum absolute atomic E-state index is 0.0398. The highest BCUT2D eigenvalue weighted by Gasteiger charge is 2.20. The van der Waals surface area contributed by atoms with Crippen molar-refractivity contribution >= 4 is 34.8 Å². The van der Waals surface area contributed by atoms with E-state index in [0.29, 0.717) is 11.3 Å². The fourth-order valence-corrected chi connectivity index (χ4v) is 3.22. The minimum Gasteiger partial charge on any atom is -0.322 e. The number of hydrazine groups is 1. The van der Waals surface area contributed by atoms with Gasteiger partial charge in [-0.3, -0.25) is 45.5 Å². The Morgan fingerprint density at radius 2 is 1.08 bits per heavy atom. The van der Waals surface area contributed by atoms with Crippen LogP contribution in [0.3, 0.4) is 0 Å². The van der Waals surface area contributed by atoms with Crippen molar-refractivity contribution in [3.05, 3.63) is 109 Å². The molecule has 3 amide bonds. The van der Waals surface area contributed by atoms with Gasteiger partial charge in [0.15, 0.2) is 0 Å². The number of nitrogens with one attached hydrogen (secondary N) is 3. The molecule has 3 rings (SSSR count). The van der Waals surface area contributed by atoms with Gasteiger partial charge >= 0.3 is 0 Å². The van der Waals surface area contributed by atoms with Gasteiger partial charge in [-0.05, 0) is 47.4 Å². The van der Waals surface area contributed by atoms with Crippen molar-refractivity contribution in [3.63, 3.8) is 0 Å². The Morgan fingerprint density at radius 3 is 1.54 bits per heavy atom. The number of non-ortho nitro benzene ring substituents is 2. The average Bonchev–Trinajstić information content (AvgIpc) is 2.86. The number of carbonyl (C=O) groups is 3. The lowest BCUT2D eigenvalue weighted by molar-refractivity contribution is -0.394. The Hall–Kier alpha value is -5.13. The average molecular weight is 505 g/mol. The van der Waals surface area contributed by atoms with Gasteiger partial charge in [-0.1, -0.05) is 32.9 Å². The summed E-state index contributed by atoms with van der Waals surface area (Å²) in [7, 11) is 0. The summed E-state index contributed by atoms with van der Waals surface area (Å²) in [5.41, 5.74) is 4.62. The number of nitrogens with zero attached hydrogens (tertiary/aromatic N) is 2. The number of rotatable bonds is 6. The van der Waals surface area contributed by atoms with Gasteiger partial charge in [0.05, 0.1) is 21.5 Å². The molecule has 0 radical (unpaired) electrons. The van der Waals surface area contributed by atoms with Gasteiger partial charge in [0.25, 0.3) is 29.1 Å². The molecule has 0 saturated heterocycles. The SMILES string of the molecule is CC(C)(C)c1ccc(C(=O)Nc2ccc(C(=O)NNC(=O)c3cc([N+](=O)[O-])cc([N+](=O)[O-])c3)cc2)cc1. The number of anilines is 1. The molecule has 0 fully saturated rings. The second-order valence-electron chi connectivity index (χ2n) is 9.02. The largest absolute Gasteiger partial charge is 0.322 e. The van der Waals surface area contributed by atoms with Crippen molar-refractivity contribution in [2.45, 2.75) is 26.2 Å². The Kier molecular flexibility index (Phi) is 7.62. The summed E-state index contributed by atoms with van der Waals surface area (Å²) in [4.78, 5) is 57.4. The molecule has 3 N–H and O–H groups in total. The monoisotopic (exact) mass is 505 g/mol. The number of nitro benzene ring substituents is 2. The van der Waals surface area contributed by atoms with Crippen molar-refractivity contribution in [2.24, 2.45) is 0 Å². The smallest absolute Gasteiger partial charge is 0.277 e. The van der Waals surface area contributed by atoms with E-state index in [1.165, 1.54) is 24.3 Å². The van der Waals surface area contributed by atoms with E-state index < -0.39 is 33.0 Å². The van der Waals surface area contributed by atoms with E-state index in [1.807, 2.05) is 12.1 Å². The molecule has 3 aromatic carbocycles. The van der Waals surface area contributed by atoms with Crippen molar-refractivity contribution < 1.29 is 24.2 Å². The number of hydrogen-bond donors (Lipinski definition) is 3. The molecule has 0 heterocycles. The van der Waals surface area contributed by atoms with E-state index in [4.69, 9.17) is 0 Å². The lowest BCUT2D eigenvalue weighted by Gasteiger charge is -2.19. The van der Waals surface area contributed by atoms with Gasteiger partial charge < -0.3 is 5.32 Å². The minimum atomic E-state index is -0.985. The molecule has 0 spiro atoms. The van der Waals surface area contributed by atoms with Gasteiger partial charge in [0, 0.05) is 28.9 Å². The normalized spacial score (nSPS) is 10.8. The Labute approximate surface area is 211 Å². The summed E-state index contributed by atoms with van der Waals surface area (Å²) < 4.78 is 0. The molecule has 0 aliphatic heterocycles. The number of nitro groups is 2. The van der Waals surface area contributed by atoms with E-state index in [0.717, 1.165) is 23.8 Å². The Balaban J connectivity index is 1.61. The number of carbonyl (C=O) groups excluding carboxylic acids is 3. The van der Waals surface area contributed by atoms with Gasteiger partial charge in [-0.25, -0.2) is 0 Å². The molecule has 0 saturated carbocycles. The third kappa shape index (κ3) is 6.72. The van der Waals surface area contributed by atoms with Gasteiger partial charge in [0.2, 0.25) is 0 Å². The van der Waals surface area contributed by atoms with Crippen LogP contribution in [0.2, 0.25) is 0 Å². The van der Waals surface area contributed by atoms with Gasteiger partial charge in [-0.2, -0.15) is 0 Å². The summed E-state index contributed by atoms with van der Waals surface area (Å²) >= 11 is 0. The maximum atomic E-state index is 12.5. The number of hydrogen-bond acceptors (Lipinski definition) is 7. The lowest BCUT2D eigenvalue weighted by atomic mass is 9.87. The zero-order chi connectivity index (χ0) is 27.3. The molecule has 0 aromatic heterocycles. The lowest BCUT2D eigenvalue weighted by Crippen LogP contribution is -2.41. The summed E-state index contributed by atoms with van der Waals surface area (Å²) in [6, 6.07) is 15.5. The van der Waals surface area contributed by atoms with Crippen LogP contribution in [0.15, 0.2) is 66.7 Å². The van der Waals surface area contributed by atoms with Crippen LogP contribution in [0.4, 0.5) is 17.1 Å². The summed E-state index contributed by atoms with van der Waals surface area (Å²) in [6.07, 6.45) is 0. The third-order valence-corrected chi connectivity index (χ3v) is 5.29. The van der Waals surface area contributed by atoms with E-state index in [9.17, 15) is 34.6 Å². The first kappa shape index (κ1) is 26.5. The summed E-state index contributed by atoms with van der Waals surface area (Å²) in [6.45, 7) is 6.22. The second kappa shape index (κ2) is 10.6. The Morgan fingerprint density at radius 1 is 0.649 bits per heavy atom. The van der Waals surface area contributed by atoms with Crippen molar-refractivity contribution in [1.29, 1.82) is 0 Å². The quantitative estimate of drug-likeness (QED) is 0.333. The first-order valence-electron chi connectivity index (χ1n) is 10.9. The van der Waals surface area contributed by atoms with Gasteiger partial charge in [0.1, 0.15) is 0 Å². The first-order chi connectivity index (χ1) is 17.3. The second-order valence-corrected chi connectivity index (χ2v) is 9.02. The zero-order valence-electron chi connectivity index (χ0n) is 20.1. The topological polar surface area (TPSA) is 174 Å². The molecule has 0 aliphatic carbocycles. The number of benzene rings is 3.